The van der Waals surface area contributed by atoms with Crippen LogP contribution in [0.25, 0.3) is 0 Å². The van der Waals surface area contributed by atoms with Gasteiger partial charge in [-0.2, -0.15) is 13.1 Å². The van der Waals surface area contributed by atoms with Gasteiger partial charge in [0, 0.05) is 13.1 Å². The van der Waals surface area contributed by atoms with Crippen molar-refractivity contribution in [2.24, 2.45) is 0 Å². The molecule has 0 fully saturated rings. The van der Waals surface area contributed by atoms with Gasteiger partial charge in [-0.15, -0.1) is 0 Å². The standard InChI is InChI=1S/C5H12F2N2O3S/c1-2-8-13(11,12)9-3-4(10)5(6)7/h4-5,8-10H,2-3H2,1H3. The van der Waals surface area contributed by atoms with E-state index in [2.05, 4.69) is 0 Å². The molecule has 0 saturated carbocycles. The summed E-state index contributed by atoms with van der Waals surface area (Å²) in [5.74, 6) is 0. The molecule has 0 bridgehead atoms. The van der Waals surface area contributed by atoms with Crippen LogP contribution in [-0.2, 0) is 10.2 Å². The lowest BCUT2D eigenvalue weighted by Gasteiger charge is -2.10. The molecular formula is C5H12F2N2O3S. The van der Waals surface area contributed by atoms with Crippen LogP contribution < -0.4 is 9.44 Å². The van der Waals surface area contributed by atoms with Crippen LogP contribution in [0.5, 0.6) is 0 Å². The van der Waals surface area contributed by atoms with Crippen LogP contribution >= 0.6 is 0 Å². The summed E-state index contributed by atoms with van der Waals surface area (Å²) in [7, 11) is -3.75. The van der Waals surface area contributed by atoms with Crippen molar-refractivity contribution in [2.75, 3.05) is 13.1 Å². The van der Waals surface area contributed by atoms with Crippen LogP contribution in [0, 0.1) is 0 Å². The van der Waals surface area contributed by atoms with E-state index in [9.17, 15) is 17.2 Å². The van der Waals surface area contributed by atoms with Gasteiger partial charge in [0.2, 0.25) is 0 Å². The van der Waals surface area contributed by atoms with Crippen molar-refractivity contribution in [3.8, 4) is 0 Å². The van der Waals surface area contributed by atoms with Crippen molar-refractivity contribution in [2.45, 2.75) is 19.5 Å². The summed E-state index contributed by atoms with van der Waals surface area (Å²) in [6, 6.07) is 0. The molecule has 0 aliphatic rings. The summed E-state index contributed by atoms with van der Waals surface area (Å²) >= 11 is 0. The molecule has 0 radical (unpaired) electrons. The maximum absolute atomic E-state index is 11.7. The van der Waals surface area contributed by atoms with E-state index in [1.54, 1.807) is 11.6 Å². The zero-order valence-corrected chi connectivity index (χ0v) is 7.81. The van der Waals surface area contributed by atoms with Gasteiger partial charge in [0.05, 0.1) is 0 Å². The van der Waals surface area contributed by atoms with Crippen molar-refractivity contribution in [1.29, 1.82) is 0 Å². The van der Waals surface area contributed by atoms with Gasteiger partial charge in [-0.25, -0.2) is 13.5 Å². The summed E-state index contributed by atoms with van der Waals surface area (Å²) in [6.07, 6.45) is -4.93. The summed E-state index contributed by atoms with van der Waals surface area (Å²) in [4.78, 5) is 0. The van der Waals surface area contributed by atoms with E-state index >= 15 is 0 Å². The number of hydrogen-bond acceptors (Lipinski definition) is 3. The molecule has 0 spiro atoms. The Kier molecular flexibility index (Phi) is 5.30. The van der Waals surface area contributed by atoms with Gasteiger partial charge in [-0.3, -0.25) is 0 Å². The molecule has 0 aromatic carbocycles. The third kappa shape index (κ3) is 5.86. The number of aliphatic hydroxyl groups excluding tert-OH is 1. The predicted molar refractivity (Wildman–Crippen MR) is 42.6 cm³/mol. The summed E-state index contributed by atoms with van der Waals surface area (Å²) in [5, 5.41) is 8.55. The molecule has 8 heteroatoms. The highest BCUT2D eigenvalue weighted by molar-refractivity contribution is 7.87. The number of hydrogen-bond donors (Lipinski definition) is 3. The van der Waals surface area contributed by atoms with Crippen LogP contribution in [0.15, 0.2) is 0 Å². The zero-order chi connectivity index (χ0) is 10.5. The van der Waals surface area contributed by atoms with Crippen molar-refractivity contribution in [1.82, 2.24) is 9.44 Å². The smallest absolute Gasteiger partial charge is 0.276 e. The summed E-state index contributed by atoms with van der Waals surface area (Å²) in [6.45, 7) is 0.996. The molecule has 0 heterocycles. The second-order valence-corrected chi connectivity index (χ2v) is 3.84. The molecule has 0 aliphatic carbocycles. The van der Waals surface area contributed by atoms with Crippen LogP contribution in [-0.4, -0.2) is 39.1 Å². The lowest BCUT2D eigenvalue weighted by atomic mass is 10.4. The first-order valence-corrected chi connectivity index (χ1v) is 5.08. The Bertz CT molecular complexity index is 232. The van der Waals surface area contributed by atoms with Gasteiger partial charge in [0.15, 0.2) is 0 Å². The van der Waals surface area contributed by atoms with E-state index in [1.165, 1.54) is 0 Å². The Morgan fingerprint density at radius 1 is 1.38 bits per heavy atom. The predicted octanol–water partition coefficient (Wildman–Crippen LogP) is -0.944. The summed E-state index contributed by atoms with van der Waals surface area (Å²) < 4.78 is 48.7. The fourth-order valence-electron chi connectivity index (χ4n) is 0.525. The third-order valence-corrected chi connectivity index (χ3v) is 2.32. The molecule has 0 rings (SSSR count). The third-order valence-electron chi connectivity index (χ3n) is 1.11. The molecule has 0 aliphatic heterocycles. The first kappa shape index (κ1) is 12.7. The fourth-order valence-corrected chi connectivity index (χ4v) is 1.40. The Balaban J connectivity index is 3.88. The Hall–Kier alpha value is -0.310. The molecular weight excluding hydrogens is 206 g/mol. The normalized spacial score (nSPS) is 14.8. The van der Waals surface area contributed by atoms with Gasteiger partial charge in [0.25, 0.3) is 16.6 Å². The van der Waals surface area contributed by atoms with Gasteiger partial charge < -0.3 is 5.11 Å². The topological polar surface area (TPSA) is 78.4 Å². The Morgan fingerprint density at radius 2 is 1.92 bits per heavy atom. The average molecular weight is 218 g/mol. The second-order valence-electron chi connectivity index (χ2n) is 2.25. The van der Waals surface area contributed by atoms with Crippen LogP contribution in [0.3, 0.4) is 0 Å². The van der Waals surface area contributed by atoms with Gasteiger partial charge in [0.1, 0.15) is 6.10 Å². The van der Waals surface area contributed by atoms with Crippen LogP contribution in [0.1, 0.15) is 6.92 Å². The van der Waals surface area contributed by atoms with Gasteiger partial charge in [-0.1, -0.05) is 6.92 Å². The molecule has 0 aromatic heterocycles. The van der Waals surface area contributed by atoms with Crippen molar-refractivity contribution in [3.05, 3.63) is 0 Å². The maximum Gasteiger partial charge on any atom is 0.276 e. The minimum Gasteiger partial charge on any atom is -0.386 e. The van der Waals surface area contributed by atoms with Crippen LogP contribution in [0.4, 0.5) is 8.78 Å². The molecule has 1 unspecified atom stereocenters. The minimum atomic E-state index is -3.75. The van der Waals surface area contributed by atoms with E-state index in [-0.39, 0.29) is 6.54 Å². The molecule has 0 saturated heterocycles. The van der Waals surface area contributed by atoms with Crippen molar-refractivity contribution in [3.63, 3.8) is 0 Å². The first-order valence-electron chi connectivity index (χ1n) is 3.59. The van der Waals surface area contributed by atoms with Crippen LogP contribution in [0.2, 0.25) is 0 Å². The minimum absolute atomic E-state index is 0.153. The number of aliphatic hydroxyl groups is 1. The van der Waals surface area contributed by atoms with E-state index in [0.717, 1.165) is 0 Å². The van der Waals surface area contributed by atoms with E-state index in [4.69, 9.17) is 5.11 Å². The highest BCUT2D eigenvalue weighted by Crippen LogP contribution is 1.98. The molecule has 13 heavy (non-hydrogen) atoms. The number of halogens is 2. The zero-order valence-electron chi connectivity index (χ0n) is 7.00. The van der Waals surface area contributed by atoms with Gasteiger partial charge in [-0.05, 0) is 0 Å². The Labute approximate surface area is 75.3 Å². The molecule has 1 atom stereocenters. The highest BCUT2D eigenvalue weighted by Gasteiger charge is 2.19. The molecule has 80 valence electrons. The molecule has 5 nitrogen and oxygen atoms in total. The average Bonchev–Trinajstić information content (AvgIpc) is 2.00. The van der Waals surface area contributed by atoms with Crippen molar-refractivity contribution < 1.29 is 22.3 Å². The number of rotatable bonds is 6. The maximum atomic E-state index is 11.7. The van der Waals surface area contributed by atoms with Crippen molar-refractivity contribution >= 4 is 10.2 Å². The largest absolute Gasteiger partial charge is 0.386 e. The van der Waals surface area contributed by atoms with Gasteiger partial charge >= 0.3 is 0 Å². The monoisotopic (exact) mass is 218 g/mol. The molecule has 0 aromatic rings. The second kappa shape index (κ2) is 5.43. The molecule has 3 N–H and O–H groups in total. The summed E-state index contributed by atoms with van der Waals surface area (Å²) in [5.41, 5.74) is 0. The number of nitrogens with one attached hydrogen (secondary N) is 2. The van der Waals surface area contributed by atoms with E-state index < -0.39 is 29.3 Å². The fraction of sp³-hybridized carbons (Fsp3) is 1.00. The lowest BCUT2D eigenvalue weighted by Crippen LogP contribution is -2.42. The van der Waals surface area contributed by atoms with E-state index in [1.807, 2.05) is 4.72 Å². The quantitative estimate of drug-likeness (QED) is 0.538. The first-order chi connectivity index (χ1) is 5.89. The Morgan fingerprint density at radius 3 is 2.31 bits per heavy atom. The number of alkyl halides is 2. The van der Waals surface area contributed by atoms with E-state index in [0.29, 0.717) is 0 Å². The highest BCUT2D eigenvalue weighted by atomic mass is 32.2. The lowest BCUT2D eigenvalue weighted by molar-refractivity contribution is -0.000485. The molecule has 0 amide bonds. The SMILES string of the molecule is CCNS(=O)(=O)NCC(O)C(F)F.